The molecule has 0 aliphatic carbocycles. The predicted octanol–water partition coefficient (Wildman–Crippen LogP) is 2.45. The number of hydrogen-bond acceptors (Lipinski definition) is 7. The zero-order chi connectivity index (χ0) is 29.5. The molecular formula is C30H39N3O7. The van der Waals surface area contributed by atoms with Crippen molar-refractivity contribution in [1.29, 1.82) is 0 Å². The van der Waals surface area contributed by atoms with E-state index in [4.69, 9.17) is 9.47 Å². The maximum Gasteiger partial charge on any atom is 0.408 e. The molecule has 0 heterocycles. The molecule has 3 atom stereocenters. The Balaban J connectivity index is 2.17. The van der Waals surface area contributed by atoms with Gasteiger partial charge in [0.1, 0.15) is 17.7 Å². The Labute approximate surface area is 235 Å². The van der Waals surface area contributed by atoms with E-state index in [-0.39, 0.29) is 13.0 Å². The van der Waals surface area contributed by atoms with Crippen molar-refractivity contribution in [2.75, 3.05) is 13.2 Å². The van der Waals surface area contributed by atoms with Crippen LogP contribution in [0.5, 0.6) is 0 Å². The summed E-state index contributed by atoms with van der Waals surface area (Å²) in [5, 5.41) is 17.8. The summed E-state index contributed by atoms with van der Waals surface area (Å²) >= 11 is 0. The van der Waals surface area contributed by atoms with Gasteiger partial charge in [-0.1, -0.05) is 66.7 Å². The van der Waals surface area contributed by atoms with E-state index in [1.54, 1.807) is 52.0 Å². The number of benzene rings is 2. The van der Waals surface area contributed by atoms with Crippen LogP contribution in [0.2, 0.25) is 0 Å². The van der Waals surface area contributed by atoms with Crippen LogP contribution in [0.1, 0.15) is 38.8 Å². The first-order valence-corrected chi connectivity index (χ1v) is 13.1. The molecule has 2 rings (SSSR count). The van der Waals surface area contributed by atoms with E-state index in [9.17, 15) is 24.3 Å². The van der Waals surface area contributed by atoms with Gasteiger partial charge in [-0.3, -0.25) is 9.59 Å². The Morgan fingerprint density at radius 2 is 1.38 bits per heavy atom. The largest absolute Gasteiger partial charge is 0.463 e. The summed E-state index contributed by atoms with van der Waals surface area (Å²) in [5.41, 5.74) is 0.891. The molecule has 216 valence electrons. The molecule has 0 saturated heterocycles. The lowest BCUT2D eigenvalue weighted by molar-refractivity contribution is -0.137. The van der Waals surface area contributed by atoms with Crippen molar-refractivity contribution in [3.8, 4) is 0 Å². The molecule has 40 heavy (non-hydrogen) atoms. The average Bonchev–Trinajstić information content (AvgIpc) is 2.90. The molecule has 0 spiro atoms. The van der Waals surface area contributed by atoms with Gasteiger partial charge in [-0.25, -0.2) is 9.59 Å². The number of alkyl carbamates (subject to hydrolysis) is 1. The zero-order valence-corrected chi connectivity index (χ0v) is 23.4. The second-order valence-corrected chi connectivity index (χ2v) is 10.0. The van der Waals surface area contributed by atoms with Crippen molar-refractivity contribution in [2.45, 2.75) is 64.3 Å². The van der Waals surface area contributed by atoms with Crippen LogP contribution < -0.4 is 16.0 Å². The van der Waals surface area contributed by atoms with E-state index in [1.165, 1.54) is 12.2 Å². The molecule has 0 unspecified atom stereocenters. The van der Waals surface area contributed by atoms with Gasteiger partial charge in [0.25, 0.3) is 0 Å². The van der Waals surface area contributed by atoms with Crippen LogP contribution >= 0.6 is 0 Å². The van der Waals surface area contributed by atoms with Crippen LogP contribution in [0.25, 0.3) is 0 Å². The number of aliphatic hydroxyl groups excluding tert-OH is 1. The van der Waals surface area contributed by atoms with Crippen molar-refractivity contribution >= 4 is 23.9 Å². The highest BCUT2D eigenvalue weighted by molar-refractivity contribution is 5.92. The number of hydrogen-bond donors (Lipinski definition) is 4. The lowest BCUT2D eigenvalue weighted by atomic mass is 10.0. The molecule has 0 aliphatic heterocycles. The third-order valence-electron chi connectivity index (χ3n) is 5.48. The molecule has 0 fully saturated rings. The highest BCUT2D eigenvalue weighted by atomic mass is 16.6. The van der Waals surface area contributed by atoms with E-state index in [0.717, 1.165) is 11.1 Å². The fraction of sp³-hybridized carbons (Fsp3) is 0.400. The second-order valence-electron chi connectivity index (χ2n) is 10.0. The molecule has 0 bridgehead atoms. The third-order valence-corrected chi connectivity index (χ3v) is 5.48. The Bertz CT molecular complexity index is 1130. The van der Waals surface area contributed by atoms with E-state index in [1.807, 2.05) is 36.4 Å². The molecule has 10 nitrogen and oxygen atoms in total. The van der Waals surface area contributed by atoms with Crippen molar-refractivity contribution in [2.24, 2.45) is 0 Å². The van der Waals surface area contributed by atoms with Crippen LogP contribution in [-0.2, 0) is 36.7 Å². The summed E-state index contributed by atoms with van der Waals surface area (Å²) in [6.45, 7) is 6.31. The quantitative estimate of drug-likeness (QED) is 0.220. The molecule has 3 amide bonds. The summed E-state index contributed by atoms with van der Waals surface area (Å²) in [6, 6.07) is 15.3. The predicted molar refractivity (Wildman–Crippen MR) is 150 cm³/mol. The Morgan fingerprint density at radius 1 is 0.825 bits per heavy atom. The van der Waals surface area contributed by atoms with Gasteiger partial charge < -0.3 is 30.5 Å². The fourth-order valence-electron chi connectivity index (χ4n) is 3.68. The summed E-state index contributed by atoms with van der Waals surface area (Å²) in [7, 11) is 0. The SMILES string of the molecule is CCOC(=O)/C=C/[C@H](Cc1ccccc1)NC(=O)[C@H](CO)NC(=O)[C@H](Cc1ccccc1)NC(=O)OC(C)(C)C. The van der Waals surface area contributed by atoms with Crippen LogP contribution in [-0.4, -0.2) is 65.9 Å². The van der Waals surface area contributed by atoms with Crippen LogP contribution in [0.3, 0.4) is 0 Å². The van der Waals surface area contributed by atoms with E-state index >= 15 is 0 Å². The molecule has 4 N–H and O–H groups in total. The average molecular weight is 554 g/mol. The van der Waals surface area contributed by atoms with Gasteiger partial charge in [-0.2, -0.15) is 0 Å². The molecule has 0 aromatic heterocycles. The highest BCUT2D eigenvalue weighted by Gasteiger charge is 2.29. The van der Waals surface area contributed by atoms with Gasteiger partial charge in [0.15, 0.2) is 0 Å². The van der Waals surface area contributed by atoms with Crippen LogP contribution in [0.4, 0.5) is 4.79 Å². The minimum absolute atomic E-state index is 0.130. The zero-order valence-electron chi connectivity index (χ0n) is 23.4. The van der Waals surface area contributed by atoms with E-state index in [0.29, 0.717) is 6.42 Å². The Kier molecular flexibility index (Phi) is 12.9. The lowest BCUT2D eigenvalue weighted by Gasteiger charge is -2.25. The highest BCUT2D eigenvalue weighted by Crippen LogP contribution is 2.10. The number of carbonyl (C=O) groups excluding carboxylic acids is 4. The van der Waals surface area contributed by atoms with Crippen molar-refractivity contribution < 1.29 is 33.8 Å². The number of esters is 1. The number of aliphatic hydroxyl groups is 1. The summed E-state index contributed by atoms with van der Waals surface area (Å²) in [6.07, 6.45) is 2.42. The van der Waals surface area contributed by atoms with Gasteiger partial charge in [0, 0.05) is 12.5 Å². The fourth-order valence-corrected chi connectivity index (χ4v) is 3.68. The number of rotatable bonds is 13. The summed E-state index contributed by atoms with van der Waals surface area (Å²) in [4.78, 5) is 50.7. The van der Waals surface area contributed by atoms with Crippen molar-refractivity contribution in [1.82, 2.24) is 16.0 Å². The van der Waals surface area contributed by atoms with Gasteiger partial charge in [0.2, 0.25) is 11.8 Å². The number of amides is 3. The Hall–Kier alpha value is -4.18. The van der Waals surface area contributed by atoms with Crippen LogP contribution in [0, 0.1) is 0 Å². The third kappa shape index (κ3) is 12.1. The van der Waals surface area contributed by atoms with Gasteiger partial charge >= 0.3 is 12.1 Å². The monoisotopic (exact) mass is 553 g/mol. The molecule has 0 saturated carbocycles. The molecule has 10 heteroatoms. The minimum atomic E-state index is -1.32. The maximum atomic E-state index is 13.2. The van der Waals surface area contributed by atoms with Gasteiger partial charge in [-0.05, 0) is 45.2 Å². The molecule has 0 aliphatic rings. The topological polar surface area (TPSA) is 143 Å². The van der Waals surface area contributed by atoms with Gasteiger partial charge in [-0.15, -0.1) is 0 Å². The first kappa shape index (κ1) is 32.0. The molecule has 2 aromatic carbocycles. The number of carbonyl (C=O) groups is 4. The molecule has 2 aromatic rings. The van der Waals surface area contributed by atoms with Crippen LogP contribution in [0.15, 0.2) is 72.8 Å². The maximum absolute atomic E-state index is 13.2. The minimum Gasteiger partial charge on any atom is -0.463 e. The smallest absolute Gasteiger partial charge is 0.408 e. The van der Waals surface area contributed by atoms with E-state index < -0.39 is 54.2 Å². The van der Waals surface area contributed by atoms with Crippen molar-refractivity contribution in [3.63, 3.8) is 0 Å². The number of ether oxygens (including phenoxy) is 2. The first-order valence-electron chi connectivity index (χ1n) is 13.1. The summed E-state index contributed by atoms with van der Waals surface area (Å²) in [5.74, 6) is -1.90. The second kappa shape index (κ2) is 16.0. The van der Waals surface area contributed by atoms with Crippen molar-refractivity contribution in [3.05, 3.63) is 83.9 Å². The van der Waals surface area contributed by atoms with Gasteiger partial charge in [0.05, 0.1) is 19.3 Å². The van der Waals surface area contributed by atoms with E-state index in [2.05, 4.69) is 16.0 Å². The lowest BCUT2D eigenvalue weighted by Crippen LogP contribution is -2.57. The summed E-state index contributed by atoms with van der Waals surface area (Å²) < 4.78 is 10.2. The molecular weight excluding hydrogens is 514 g/mol. The molecule has 0 radical (unpaired) electrons. The Morgan fingerprint density at radius 3 is 1.90 bits per heavy atom. The first-order chi connectivity index (χ1) is 19.0. The number of nitrogens with one attached hydrogen (secondary N) is 3. The normalized spacial score (nSPS) is 13.5. The standard InChI is InChI=1S/C30H39N3O7/c1-5-39-26(35)17-16-23(18-21-12-8-6-9-13-21)31-28(37)25(20-34)32-27(36)24(19-22-14-10-7-11-15-22)33-29(38)40-30(2,3)4/h6-17,23-25,34H,5,18-20H2,1-4H3,(H,31,37)(H,32,36)(H,33,38)/b17-16+/t23-,24+,25+/m1/s1.